The second-order valence-electron chi connectivity index (χ2n) is 2.66. The van der Waals surface area contributed by atoms with Gasteiger partial charge >= 0.3 is 0 Å². The number of pyridine rings is 1. The van der Waals surface area contributed by atoms with E-state index in [0.29, 0.717) is 22.4 Å². The lowest BCUT2D eigenvalue weighted by Gasteiger charge is -2.01. The highest BCUT2D eigenvalue weighted by atomic mass is 16.5. The third-order valence-corrected chi connectivity index (χ3v) is 1.75. The monoisotopic (exact) mass is 165 g/mol. The summed E-state index contributed by atoms with van der Waals surface area (Å²) in [6, 6.07) is 3.32. The van der Waals surface area contributed by atoms with Gasteiger partial charge in [-0.15, -0.1) is 0 Å². The van der Waals surface area contributed by atoms with Gasteiger partial charge < -0.3 is 5.21 Å². The number of carbonyl (C=O) groups is 1. The van der Waals surface area contributed by atoms with Gasteiger partial charge in [0.25, 0.3) is 0 Å². The Balaban J connectivity index is 3.05. The fourth-order valence-electron chi connectivity index (χ4n) is 0.924. The summed E-state index contributed by atoms with van der Waals surface area (Å²) in [7, 11) is 0. The first-order valence-corrected chi connectivity index (χ1v) is 3.88. The SMILES string of the molecule is CCC(=O)c1ccc(C)[n+]([O-])c1. The molecule has 0 unspecified atom stereocenters. The van der Waals surface area contributed by atoms with Crippen molar-refractivity contribution in [1.82, 2.24) is 0 Å². The molecule has 0 saturated heterocycles. The van der Waals surface area contributed by atoms with Crippen LogP contribution in [0.1, 0.15) is 29.4 Å². The van der Waals surface area contributed by atoms with Gasteiger partial charge in [-0.3, -0.25) is 4.79 Å². The Morgan fingerprint density at radius 2 is 2.25 bits per heavy atom. The smallest absolute Gasteiger partial charge is 0.191 e. The summed E-state index contributed by atoms with van der Waals surface area (Å²) in [5, 5.41) is 11.0. The number of nitrogens with zero attached hydrogens (tertiary/aromatic N) is 1. The molecule has 64 valence electrons. The van der Waals surface area contributed by atoms with E-state index >= 15 is 0 Å². The normalized spacial score (nSPS) is 9.83. The molecule has 1 rings (SSSR count). The van der Waals surface area contributed by atoms with Gasteiger partial charge in [0.15, 0.2) is 17.7 Å². The van der Waals surface area contributed by atoms with Crippen LogP contribution in [0.15, 0.2) is 18.3 Å². The van der Waals surface area contributed by atoms with Gasteiger partial charge in [0.05, 0.1) is 5.56 Å². The van der Waals surface area contributed by atoms with E-state index in [0.717, 1.165) is 0 Å². The second-order valence-corrected chi connectivity index (χ2v) is 2.66. The zero-order chi connectivity index (χ0) is 9.14. The number of ketones is 1. The van der Waals surface area contributed by atoms with Crippen molar-refractivity contribution in [2.24, 2.45) is 0 Å². The maximum atomic E-state index is 11.1. The van der Waals surface area contributed by atoms with Crippen LogP contribution in [0.5, 0.6) is 0 Å². The second kappa shape index (κ2) is 3.34. The lowest BCUT2D eigenvalue weighted by molar-refractivity contribution is -0.612. The fourth-order valence-corrected chi connectivity index (χ4v) is 0.924. The topological polar surface area (TPSA) is 44.0 Å². The molecule has 3 heteroatoms. The van der Waals surface area contributed by atoms with Crippen LogP contribution in [0.2, 0.25) is 0 Å². The standard InChI is InChI=1S/C9H11NO2/c1-3-9(11)8-5-4-7(2)10(12)6-8/h4-6H,3H2,1-2H3. The van der Waals surface area contributed by atoms with Crippen LogP contribution in [0, 0.1) is 12.1 Å². The summed E-state index contributed by atoms with van der Waals surface area (Å²) in [6.45, 7) is 3.48. The molecule has 0 aliphatic heterocycles. The molecule has 0 saturated carbocycles. The van der Waals surface area contributed by atoms with Crippen molar-refractivity contribution in [2.45, 2.75) is 20.3 Å². The molecule has 0 fully saturated rings. The highest BCUT2D eigenvalue weighted by molar-refractivity contribution is 5.95. The average Bonchev–Trinajstić information content (AvgIpc) is 2.08. The Morgan fingerprint density at radius 3 is 2.75 bits per heavy atom. The molecule has 1 aromatic rings. The lowest BCUT2D eigenvalue weighted by atomic mass is 10.1. The predicted molar refractivity (Wildman–Crippen MR) is 44.8 cm³/mol. The van der Waals surface area contributed by atoms with Crippen LogP contribution >= 0.6 is 0 Å². The highest BCUT2D eigenvalue weighted by Gasteiger charge is 2.07. The molecule has 1 heterocycles. The molecule has 0 aliphatic rings. The Hall–Kier alpha value is -1.38. The van der Waals surface area contributed by atoms with Crippen LogP contribution < -0.4 is 4.73 Å². The van der Waals surface area contributed by atoms with E-state index < -0.39 is 0 Å². The number of aromatic nitrogens is 1. The van der Waals surface area contributed by atoms with Gasteiger partial charge in [0.1, 0.15) is 0 Å². The Bertz CT molecular complexity index is 307. The van der Waals surface area contributed by atoms with E-state index in [4.69, 9.17) is 0 Å². The summed E-state index contributed by atoms with van der Waals surface area (Å²) in [6.07, 6.45) is 1.75. The first-order valence-electron chi connectivity index (χ1n) is 3.88. The number of carbonyl (C=O) groups excluding carboxylic acids is 1. The van der Waals surface area contributed by atoms with E-state index in [1.807, 2.05) is 0 Å². The third-order valence-electron chi connectivity index (χ3n) is 1.75. The van der Waals surface area contributed by atoms with Crippen molar-refractivity contribution >= 4 is 5.78 Å². The summed E-state index contributed by atoms with van der Waals surface area (Å²) >= 11 is 0. The zero-order valence-corrected chi connectivity index (χ0v) is 7.20. The molecular weight excluding hydrogens is 154 g/mol. The molecule has 0 radical (unpaired) electrons. The van der Waals surface area contributed by atoms with Crippen molar-refractivity contribution < 1.29 is 9.52 Å². The summed E-state index contributed by atoms with van der Waals surface area (Å²) < 4.78 is 0.711. The van der Waals surface area contributed by atoms with E-state index in [2.05, 4.69) is 0 Å². The largest absolute Gasteiger partial charge is 0.618 e. The van der Waals surface area contributed by atoms with Gasteiger partial charge in [-0.2, -0.15) is 4.73 Å². The van der Waals surface area contributed by atoms with Crippen LogP contribution in [0.3, 0.4) is 0 Å². The van der Waals surface area contributed by atoms with E-state index in [-0.39, 0.29) is 5.78 Å². The number of aryl methyl sites for hydroxylation is 1. The number of hydrogen-bond donors (Lipinski definition) is 0. The van der Waals surface area contributed by atoms with E-state index in [1.165, 1.54) is 6.20 Å². The van der Waals surface area contributed by atoms with Crippen molar-refractivity contribution in [2.75, 3.05) is 0 Å². The van der Waals surface area contributed by atoms with Crippen molar-refractivity contribution in [1.29, 1.82) is 0 Å². The minimum Gasteiger partial charge on any atom is -0.618 e. The van der Waals surface area contributed by atoms with Crippen LogP contribution in [-0.2, 0) is 0 Å². The lowest BCUT2D eigenvalue weighted by Crippen LogP contribution is -2.30. The molecule has 0 aliphatic carbocycles. The third kappa shape index (κ3) is 1.61. The minimum absolute atomic E-state index is 0.000370. The first kappa shape index (κ1) is 8.71. The molecule has 0 aromatic carbocycles. The van der Waals surface area contributed by atoms with Crippen LogP contribution in [0.4, 0.5) is 0 Å². The molecule has 1 aromatic heterocycles. The van der Waals surface area contributed by atoms with Crippen LogP contribution in [0.25, 0.3) is 0 Å². The van der Waals surface area contributed by atoms with Gasteiger partial charge in [0, 0.05) is 19.4 Å². The quantitative estimate of drug-likeness (QED) is 0.375. The van der Waals surface area contributed by atoms with E-state index in [9.17, 15) is 10.0 Å². The maximum Gasteiger partial charge on any atom is 0.191 e. The summed E-state index contributed by atoms with van der Waals surface area (Å²) in [4.78, 5) is 11.1. The van der Waals surface area contributed by atoms with Gasteiger partial charge in [-0.05, 0) is 6.07 Å². The first-order chi connectivity index (χ1) is 5.65. The summed E-state index contributed by atoms with van der Waals surface area (Å²) in [5.41, 5.74) is 1.08. The predicted octanol–water partition coefficient (Wildman–Crippen LogP) is 1.22. The molecule has 0 atom stereocenters. The van der Waals surface area contributed by atoms with Gasteiger partial charge in [-0.25, -0.2) is 0 Å². The highest BCUT2D eigenvalue weighted by Crippen LogP contribution is 2.00. The minimum atomic E-state index is -0.000370. The molecule has 0 N–H and O–H groups in total. The summed E-state index contributed by atoms with van der Waals surface area (Å²) in [5.74, 6) is -0.000370. The maximum absolute atomic E-state index is 11.1. The van der Waals surface area contributed by atoms with E-state index in [1.54, 1.807) is 26.0 Å². The number of Topliss-reactive ketones (excluding diaryl/α,β-unsaturated/α-hetero) is 1. The van der Waals surface area contributed by atoms with Crippen molar-refractivity contribution in [3.63, 3.8) is 0 Å². The molecule has 12 heavy (non-hydrogen) atoms. The Labute approximate surface area is 71.2 Å². The zero-order valence-electron chi connectivity index (χ0n) is 7.20. The number of hydrogen-bond acceptors (Lipinski definition) is 2. The molecule has 0 amide bonds. The van der Waals surface area contributed by atoms with Crippen molar-refractivity contribution in [3.8, 4) is 0 Å². The molecular formula is C9H11NO2. The molecule has 0 spiro atoms. The van der Waals surface area contributed by atoms with Gasteiger partial charge in [-0.1, -0.05) is 6.92 Å². The van der Waals surface area contributed by atoms with Gasteiger partial charge in [0.2, 0.25) is 0 Å². The fraction of sp³-hybridized carbons (Fsp3) is 0.333. The number of rotatable bonds is 2. The Kier molecular flexibility index (Phi) is 2.43. The molecule has 0 bridgehead atoms. The average molecular weight is 165 g/mol. The Morgan fingerprint density at radius 1 is 1.58 bits per heavy atom. The van der Waals surface area contributed by atoms with Crippen molar-refractivity contribution in [3.05, 3.63) is 34.8 Å². The van der Waals surface area contributed by atoms with Crippen LogP contribution in [-0.4, -0.2) is 5.78 Å². The molecule has 3 nitrogen and oxygen atoms in total.